The van der Waals surface area contributed by atoms with E-state index in [2.05, 4.69) is 18.4 Å². The van der Waals surface area contributed by atoms with Gasteiger partial charge in [0.15, 0.2) is 0 Å². The van der Waals surface area contributed by atoms with Gasteiger partial charge in [-0.05, 0) is 17.9 Å². The van der Waals surface area contributed by atoms with Crippen LogP contribution in [0.4, 0.5) is 0 Å². The molecule has 0 radical (unpaired) electrons. The number of hydrogen-bond acceptors (Lipinski definition) is 0. The molecule has 0 aliphatic carbocycles. The van der Waals surface area contributed by atoms with Gasteiger partial charge in [0.25, 0.3) is 0 Å². The lowest BCUT2D eigenvalue weighted by atomic mass is 10.3. The first-order valence-electron chi connectivity index (χ1n) is 2.06. The molecule has 0 nitrogen and oxygen atoms in total. The van der Waals surface area contributed by atoms with Gasteiger partial charge in [0.2, 0.25) is 0 Å². The quantitative estimate of drug-likeness (QED) is 0.343. The second-order valence-corrected chi connectivity index (χ2v) is 2.43. The smallest absolute Gasteiger partial charge is 0.00412 e. The molecule has 1 aliphatic rings. The lowest BCUT2D eigenvalue weighted by Crippen LogP contribution is -1.62. The Balaban J connectivity index is 2.68. The van der Waals surface area contributed by atoms with E-state index >= 15 is 0 Å². The fourth-order valence-corrected chi connectivity index (χ4v) is 1.34. The van der Waals surface area contributed by atoms with Crippen molar-refractivity contribution in [2.24, 2.45) is 0 Å². The maximum absolute atomic E-state index is 2.25. The van der Waals surface area contributed by atoms with Crippen LogP contribution in [0.1, 0.15) is 6.92 Å². The Morgan fingerprint density at radius 3 is 2.83 bits per heavy atom. The van der Waals surface area contributed by atoms with Gasteiger partial charge in [-0.3, -0.25) is 0 Å². The molecule has 1 heteroatoms. The molecule has 0 N–H and O–H groups in total. The van der Waals surface area contributed by atoms with E-state index in [4.69, 9.17) is 0 Å². The summed E-state index contributed by atoms with van der Waals surface area (Å²) in [6, 6.07) is 0. The molecule has 0 bridgehead atoms. The molecule has 34 valence electrons. The standard InChI is InChI=1S/C5H8S/c1-5-2-3-6-4-5/h2,4,6H,3H2,1H3. The van der Waals surface area contributed by atoms with E-state index in [-0.39, 0.29) is 0 Å². The fourth-order valence-electron chi connectivity index (χ4n) is 0.446. The zero-order valence-electron chi connectivity index (χ0n) is 3.81. The van der Waals surface area contributed by atoms with Crippen molar-refractivity contribution in [3.05, 3.63) is 11.6 Å². The molecule has 1 heterocycles. The highest BCUT2D eigenvalue weighted by Gasteiger charge is 1.83. The molecular weight excluding hydrogens is 92.1 g/mol. The van der Waals surface area contributed by atoms with Gasteiger partial charge in [0, 0.05) is 5.75 Å². The van der Waals surface area contributed by atoms with Crippen molar-refractivity contribution >= 4 is 16.7 Å². The summed E-state index contributed by atoms with van der Waals surface area (Å²) in [5, 5.41) is 2.24. The molecule has 0 aromatic rings. The second kappa shape index (κ2) is 1.61. The van der Waals surface area contributed by atoms with Crippen LogP contribution in [0.3, 0.4) is 0 Å². The first kappa shape index (κ1) is 4.13. The highest BCUT2D eigenvalue weighted by molar-refractivity contribution is 7.98. The van der Waals surface area contributed by atoms with E-state index in [1.165, 1.54) is 22.7 Å². The van der Waals surface area contributed by atoms with E-state index in [1.54, 1.807) is 0 Å². The maximum atomic E-state index is 2.25. The zero-order chi connectivity index (χ0) is 4.41. The Bertz CT molecular complexity index is 97.8. The van der Waals surface area contributed by atoms with Crippen LogP contribution in [-0.2, 0) is 0 Å². The summed E-state index contributed by atoms with van der Waals surface area (Å²) in [6.07, 6.45) is 2.25. The van der Waals surface area contributed by atoms with Crippen molar-refractivity contribution < 1.29 is 0 Å². The molecule has 6 heavy (non-hydrogen) atoms. The van der Waals surface area contributed by atoms with Crippen molar-refractivity contribution in [1.29, 1.82) is 0 Å². The molecule has 0 saturated heterocycles. The Hall–Kier alpha value is -0.0400. The number of rotatable bonds is 0. The van der Waals surface area contributed by atoms with Crippen molar-refractivity contribution in [1.82, 2.24) is 0 Å². The fraction of sp³-hybridized carbons (Fsp3) is 0.400. The first-order valence-corrected chi connectivity index (χ1v) is 3.21. The predicted molar refractivity (Wildman–Crippen MR) is 33.7 cm³/mol. The molecule has 0 atom stereocenters. The van der Waals surface area contributed by atoms with Crippen molar-refractivity contribution in [3.8, 4) is 0 Å². The van der Waals surface area contributed by atoms with Gasteiger partial charge in [-0.1, -0.05) is 6.08 Å². The van der Waals surface area contributed by atoms with Crippen molar-refractivity contribution in [2.45, 2.75) is 6.92 Å². The molecule has 0 unspecified atom stereocenters. The summed E-state index contributed by atoms with van der Waals surface area (Å²) in [5.41, 5.74) is 1.44. The minimum absolute atomic E-state index is 1.24. The molecule has 0 fully saturated rings. The van der Waals surface area contributed by atoms with Gasteiger partial charge in [0.05, 0.1) is 0 Å². The summed E-state index contributed by atoms with van der Waals surface area (Å²) in [7, 11) is 0. The molecule has 0 saturated carbocycles. The van der Waals surface area contributed by atoms with Gasteiger partial charge in [-0.25, -0.2) is 0 Å². The minimum Gasteiger partial charge on any atom is -0.196 e. The molecule has 1 aliphatic heterocycles. The monoisotopic (exact) mass is 100 g/mol. The van der Waals surface area contributed by atoms with Gasteiger partial charge in [-0.15, -0.1) is 0 Å². The highest BCUT2D eigenvalue weighted by atomic mass is 32.1. The number of hydrogen-bond donors (Lipinski definition) is 1. The van der Waals surface area contributed by atoms with E-state index in [1.807, 2.05) is 0 Å². The minimum atomic E-state index is 1.24. The summed E-state index contributed by atoms with van der Waals surface area (Å²) >= 11 is 1.47. The Morgan fingerprint density at radius 2 is 2.67 bits per heavy atom. The van der Waals surface area contributed by atoms with Gasteiger partial charge in [0.1, 0.15) is 0 Å². The average Bonchev–Trinajstić information content (AvgIpc) is 1.86. The van der Waals surface area contributed by atoms with Crippen LogP contribution in [0.5, 0.6) is 0 Å². The third-order valence-corrected chi connectivity index (χ3v) is 1.80. The molecule has 0 aromatic heterocycles. The zero-order valence-corrected chi connectivity index (χ0v) is 4.70. The van der Waals surface area contributed by atoms with Crippen LogP contribution in [0, 0.1) is 0 Å². The summed E-state index contributed by atoms with van der Waals surface area (Å²) in [6.45, 7) is 2.14. The Morgan fingerprint density at radius 1 is 1.83 bits per heavy atom. The largest absolute Gasteiger partial charge is 0.196 e. The van der Waals surface area contributed by atoms with E-state index in [0.29, 0.717) is 0 Å². The number of allylic oxidation sites excluding steroid dienone is 1. The van der Waals surface area contributed by atoms with Crippen LogP contribution >= 0.6 is 11.4 Å². The van der Waals surface area contributed by atoms with E-state index in [9.17, 15) is 0 Å². The maximum Gasteiger partial charge on any atom is 0.00412 e. The van der Waals surface area contributed by atoms with Crippen molar-refractivity contribution in [3.63, 3.8) is 0 Å². The third kappa shape index (κ3) is 0.716. The Kier molecular flexibility index (Phi) is 1.10. The predicted octanol–water partition coefficient (Wildman–Crippen LogP) is 1.21. The van der Waals surface area contributed by atoms with Crippen LogP contribution in [0.25, 0.3) is 0 Å². The first-order chi connectivity index (χ1) is 2.89. The van der Waals surface area contributed by atoms with Gasteiger partial charge in [-0.2, -0.15) is 11.4 Å². The summed E-state index contributed by atoms with van der Waals surface area (Å²) < 4.78 is 0. The Labute approximate surface area is 41.8 Å². The van der Waals surface area contributed by atoms with E-state index < -0.39 is 0 Å². The lowest BCUT2D eigenvalue weighted by Gasteiger charge is -1.72. The van der Waals surface area contributed by atoms with Crippen LogP contribution in [-0.4, -0.2) is 11.1 Å². The lowest BCUT2D eigenvalue weighted by molar-refractivity contribution is 1.60. The normalized spacial score (nSPS) is 19.8. The van der Waals surface area contributed by atoms with Crippen LogP contribution in [0.15, 0.2) is 11.6 Å². The average molecular weight is 100 g/mol. The molecule has 0 aromatic carbocycles. The molecule has 0 amide bonds. The van der Waals surface area contributed by atoms with Gasteiger partial charge < -0.3 is 0 Å². The topological polar surface area (TPSA) is 0 Å². The van der Waals surface area contributed by atoms with Crippen molar-refractivity contribution in [2.75, 3.05) is 5.75 Å². The number of thiol groups is 1. The van der Waals surface area contributed by atoms with Crippen LogP contribution in [0.2, 0.25) is 0 Å². The summed E-state index contributed by atoms with van der Waals surface area (Å²) in [4.78, 5) is 0. The van der Waals surface area contributed by atoms with E-state index in [0.717, 1.165) is 0 Å². The molecule has 0 spiro atoms. The van der Waals surface area contributed by atoms with Crippen LogP contribution < -0.4 is 0 Å². The second-order valence-electron chi connectivity index (χ2n) is 1.44. The van der Waals surface area contributed by atoms with Gasteiger partial charge >= 0.3 is 0 Å². The third-order valence-electron chi connectivity index (χ3n) is 0.814. The molecular formula is C5H8S. The highest BCUT2D eigenvalue weighted by Crippen LogP contribution is 2.01. The molecule has 1 rings (SSSR count). The summed E-state index contributed by atoms with van der Waals surface area (Å²) in [5.74, 6) is 1.24. The SMILES string of the molecule is CC1=CC[SH]=C1.